The monoisotopic (exact) mass is 420 g/mol. The number of hydrogen-bond donors (Lipinski definition) is 2. The lowest BCUT2D eigenvalue weighted by molar-refractivity contribution is -0.124. The normalized spacial score (nSPS) is 15.9. The molecule has 1 atom stereocenters. The highest BCUT2D eigenvalue weighted by Gasteiger charge is 2.25. The van der Waals surface area contributed by atoms with Crippen molar-refractivity contribution in [2.45, 2.75) is 83.6 Å². The maximum Gasteiger partial charge on any atom is 0.408 e. The molecular formula is C23H36N2O5. The number of nitrogens with one attached hydrogen (secondary N) is 2. The first kappa shape index (κ1) is 24.0. The molecule has 168 valence electrons. The van der Waals surface area contributed by atoms with E-state index in [2.05, 4.69) is 10.6 Å². The van der Waals surface area contributed by atoms with Crippen LogP contribution < -0.4 is 15.4 Å². The van der Waals surface area contributed by atoms with Crippen LogP contribution in [0.25, 0.3) is 0 Å². The van der Waals surface area contributed by atoms with Gasteiger partial charge in [0.25, 0.3) is 0 Å². The fraction of sp³-hybridized carbons (Fsp3) is 0.652. The van der Waals surface area contributed by atoms with Gasteiger partial charge in [0.2, 0.25) is 5.91 Å². The van der Waals surface area contributed by atoms with E-state index in [1.54, 1.807) is 27.9 Å². The number of alkyl carbamates (subject to hydrolysis) is 1. The minimum absolute atomic E-state index is 0.253. The van der Waals surface area contributed by atoms with Crippen LogP contribution in [0.15, 0.2) is 24.3 Å². The summed E-state index contributed by atoms with van der Waals surface area (Å²) in [6.45, 7) is 6.15. The van der Waals surface area contributed by atoms with Crippen molar-refractivity contribution in [3.05, 3.63) is 29.8 Å². The van der Waals surface area contributed by atoms with Gasteiger partial charge in [-0.25, -0.2) is 4.79 Å². The van der Waals surface area contributed by atoms with Gasteiger partial charge >= 0.3 is 6.09 Å². The second-order valence-electron chi connectivity index (χ2n) is 8.68. The zero-order valence-electron chi connectivity index (χ0n) is 18.7. The second-order valence-corrected chi connectivity index (χ2v) is 8.68. The third kappa shape index (κ3) is 9.03. The Hall–Kier alpha value is -2.28. The number of rotatable bonds is 9. The van der Waals surface area contributed by atoms with Gasteiger partial charge in [0, 0.05) is 19.6 Å². The molecule has 1 fully saturated rings. The molecule has 0 saturated heterocycles. The summed E-state index contributed by atoms with van der Waals surface area (Å²) in [6.07, 6.45) is 5.80. The van der Waals surface area contributed by atoms with Crippen molar-refractivity contribution in [2.75, 3.05) is 13.7 Å². The zero-order valence-corrected chi connectivity index (χ0v) is 18.7. The number of amides is 2. The highest BCUT2D eigenvalue weighted by molar-refractivity contribution is 5.85. The topological polar surface area (TPSA) is 85.9 Å². The molecule has 7 nitrogen and oxygen atoms in total. The first-order valence-corrected chi connectivity index (χ1v) is 10.8. The van der Waals surface area contributed by atoms with Crippen LogP contribution in [0.1, 0.15) is 64.9 Å². The van der Waals surface area contributed by atoms with Crippen LogP contribution >= 0.6 is 0 Å². The molecule has 2 N–H and O–H groups in total. The SMILES string of the molecule is COc1ccc(CNC(=O)C(CCOC2CCCCC2)NC(=O)OC(C)(C)C)cc1. The van der Waals surface area contributed by atoms with Crippen molar-refractivity contribution in [1.29, 1.82) is 0 Å². The molecule has 1 saturated carbocycles. The van der Waals surface area contributed by atoms with E-state index < -0.39 is 17.7 Å². The smallest absolute Gasteiger partial charge is 0.408 e. The summed E-state index contributed by atoms with van der Waals surface area (Å²) in [5.41, 5.74) is 0.311. The molecule has 1 unspecified atom stereocenters. The Morgan fingerprint density at radius 3 is 2.37 bits per heavy atom. The van der Waals surface area contributed by atoms with Crippen LogP contribution in [0.3, 0.4) is 0 Å². The molecule has 0 bridgehead atoms. The van der Waals surface area contributed by atoms with Crippen LogP contribution in [0.2, 0.25) is 0 Å². The van der Waals surface area contributed by atoms with Crippen molar-refractivity contribution in [3.63, 3.8) is 0 Å². The third-order valence-corrected chi connectivity index (χ3v) is 4.95. The lowest BCUT2D eigenvalue weighted by Crippen LogP contribution is -2.48. The van der Waals surface area contributed by atoms with Gasteiger partial charge in [-0.1, -0.05) is 31.4 Å². The van der Waals surface area contributed by atoms with E-state index in [0.29, 0.717) is 19.6 Å². The largest absolute Gasteiger partial charge is 0.497 e. The van der Waals surface area contributed by atoms with Crippen molar-refractivity contribution in [1.82, 2.24) is 10.6 Å². The average Bonchev–Trinajstić information content (AvgIpc) is 2.71. The lowest BCUT2D eigenvalue weighted by Gasteiger charge is -2.25. The molecule has 0 spiro atoms. The second kappa shape index (κ2) is 11.8. The molecule has 2 amide bonds. The highest BCUT2D eigenvalue weighted by atomic mass is 16.6. The molecule has 0 aromatic heterocycles. The van der Waals surface area contributed by atoms with E-state index in [4.69, 9.17) is 14.2 Å². The van der Waals surface area contributed by atoms with Gasteiger partial charge in [0.05, 0.1) is 13.2 Å². The molecule has 0 heterocycles. The summed E-state index contributed by atoms with van der Waals surface area (Å²) >= 11 is 0. The van der Waals surface area contributed by atoms with E-state index in [1.165, 1.54) is 19.3 Å². The summed E-state index contributed by atoms with van der Waals surface area (Å²) in [4.78, 5) is 25.0. The van der Waals surface area contributed by atoms with Gasteiger partial charge in [-0.05, 0) is 51.3 Å². The molecule has 30 heavy (non-hydrogen) atoms. The van der Waals surface area contributed by atoms with E-state index >= 15 is 0 Å². The first-order chi connectivity index (χ1) is 14.3. The number of methoxy groups -OCH3 is 1. The Bertz CT molecular complexity index is 663. The summed E-state index contributed by atoms with van der Waals surface area (Å²) in [6, 6.07) is 6.75. The summed E-state index contributed by atoms with van der Waals surface area (Å²) < 4.78 is 16.4. The van der Waals surface area contributed by atoms with Crippen LogP contribution in [0, 0.1) is 0 Å². The predicted octanol–water partition coefficient (Wildman–Crippen LogP) is 3.94. The fourth-order valence-corrected chi connectivity index (χ4v) is 3.36. The molecule has 0 aliphatic heterocycles. The Balaban J connectivity index is 1.89. The number of hydrogen-bond acceptors (Lipinski definition) is 5. The molecule has 1 aliphatic rings. The lowest BCUT2D eigenvalue weighted by atomic mass is 9.98. The van der Waals surface area contributed by atoms with Crippen LogP contribution in [0.5, 0.6) is 5.75 Å². The van der Waals surface area contributed by atoms with E-state index in [0.717, 1.165) is 24.2 Å². The van der Waals surface area contributed by atoms with Gasteiger partial charge in [-0.3, -0.25) is 4.79 Å². The number of carbonyl (C=O) groups excluding carboxylic acids is 2. The van der Waals surface area contributed by atoms with Crippen LogP contribution in [-0.2, 0) is 20.8 Å². The van der Waals surface area contributed by atoms with E-state index in [-0.39, 0.29) is 12.0 Å². The Kier molecular flexibility index (Phi) is 9.43. The van der Waals surface area contributed by atoms with Crippen molar-refractivity contribution < 1.29 is 23.8 Å². The van der Waals surface area contributed by atoms with Gasteiger partial charge < -0.3 is 24.8 Å². The average molecular weight is 421 g/mol. The van der Waals surface area contributed by atoms with E-state index in [1.807, 2.05) is 24.3 Å². The van der Waals surface area contributed by atoms with Gasteiger partial charge in [0.1, 0.15) is 17.4 Å². The molecule has 1 aliphatic carbocycles. The molecule has 2 rings (SSSR count). The summed E-state index contributed by atoms with van der Waals surface area (Å²) in [7, 11) is 1.61. The number of benzene rings is 1. The van der Waals surface area contributed by atoms with Crippen molar-refractivity contribution in [2.24, 2.45) is 0 Å². The first-order valence-electron chi connectivity index (χ1n) is 10.8. The van der Waals surface area contributed by atoms with Crippen LogP contribution in [-0.4, -0.2) is 43.5 Å². The van der Waals surface area contributed by atoms with E-state index in [9.17, 15) is 9.59 Å². The summed E-state index contributed by atoms with van der Waals surface area (Å²) in [5.74, 6) is 0.498. The standard InChI is InChI=1S/C23H36N2O5/c1-23(2,3)30-22(27)25-20(14-15-29-19-8-6-5-7-9-19)21(26)24-16-17-10-12-18(28-4)13-11-17/h10-13,19-20H,5-9,14-16H2,1-4H3,(H,24,26)(H,25,27). The maximum absolute atomic E-state index is 12.8. The molecule has 7 heteroatoms. The molecule has 0 radical (unpaired) electrons. The molecule has 1 aromatic carbocycles. The fourth-order valence-electron chi connectivity index (χ4n) is 3.36. The Morgan fingerprint density at radius 2 is 1.77 bits per heavy atom. The number of carbonyl (C=O) groups is 2. The Morgan fingerprint density at radius 1 is 1.10 bits per heavy atom. The van der Waals surface area contributed by atoms with Crippen molar-refractivity contribution >= 4 is 12.0 Å². The minimum atomic E-state index is -0.721. The maximum atomic E-state index is 12.8. The zero-order chi connectivity index (χ0) is 22.0. The van der Waals surface area contributed by atoms with Crippen LogP contribution in [0.4, 0.5) is 4.79 Å². The van der Waals surface area contributed by atoms with Gasteiger partial charge in [-0.2, -0.15) is 0 Å². The Labute approximate surface area is 179 Å². The van der Waals surface area contributed by atoms with Gasteiger partial charge in [0.15, 0.2) is 0 Å². The predicted molar refractivity (Wildman–Crippen MR) is 115 cm³/mol. The minimum Gasteiger partial charge on any atom is -0.497 e. The van der Waals surface area contributed by atoms with Gasteiger partial charge in [-0.15, -0.1) is 0 Å². The van der Waals surface area contributed by atoms with Crippen molar-refractivity contribution in [3.8, 4) is 5.75 Å². The summed E-state index contributed by atoms with van der Waals surface area (Å²) in [5, 5.41) is 5.58. The quantitative estimate of drug-likeness (QED) is 0.632. The number of ether oxygens (including phenoxy) is 3. The third-order valence-electron chi connectivity index (χ3n) is 4.95. The molecular weight excluding hydrogens is 384 g/mol. The highest BCUT2D eigenvalue weighted by Crippen LogP contribution is 2.20. The molecule has 1 aromatic rings.